The van der Waals surface area contributed by atoms with Gasteiger partial charge in [-0.25, -0.2) is 0 Å². The fourth-order valence-electron chi connectivity index (χ4n) is 2.43. The number of fused-ring (bicyclic) bond motifs is 1. The van der Waals surface area contributed by atoms with Gasteiger partial charge in [0.15, 0.2) is 0 Å². The van der Waals surface area contributed by atoms with Crippen LogP contribution >= 0.6 is 0 Å². The van der Waals surface area contributed by atoms with E-state index >= 15 is 0 Å². The molecule has 0 aliphatic rings. The van der Waals surface area contributed by atoms with Gasteiger partial charge in [0.05, 0.1) is 6.54 Å². The largest absolute Gasteiger partial charge is 0.310 e. The van der Waals surface area contributed by atoms with Crippen LogP contribution < -0.4 is 5.56 Å². The maximum absolute atomic E-state index is 12.4. The average Bonchev–Trinajstić information content (AvgIpc) is 2.46. The van der Waals surface area contributed by atoms with E-state index in [4.69, 9.17) is 0 Å². The van der Waals surface area contributed by atoms with E-state index in [9.17, 15) is 4.79 Å². The number of pyridine rings is 1. The molecule has 0 radical (unpaired) electrons. The molecule has 0 bridgehead atoms. The predicted octanol–water partition coefficient (Wildman–Crippen LogP) is 3.36. The minimum Gasteiger partial charge on any atom is -0.310 e. The van der Waals surface area contributed by atoms with Crippen LogP contribution in [-0.2, 0) is 6.54 Å². The molecule has 2 nitrogen and oxygen atoms in total. The van der Waals surface area contributed by atoms with Crippen LogP contribution in [0.15, 0.2) is 65.6 Å². The normalized spacial score (nSPS) is 10.8. The van der Waals surface area contributed by atoms with Crippen molar-refractivity contribution in [2.45, 2.75) is 13.5 Å². The van der Waals surface area contributed by atoms with Crippen LogP contribution in [0.4, 0.5) is 0 Å². The first-order chi connectivity index (χ1) is 9.25. The monoisotopic (exact) mass is 249 g/mol. The van der Waals surface area contributed by atoms with Crippen molar-refractivity contribution in [3.8, 4) is 0 Å². The summed E-state index contributed by atoms with van der Waals surface area (Å²) in [5.74, 6) is 0. The van der Waals surface area contributed by atoms with E-state index in [2.05, 4.69) is 0 Å². The Kier molecular flexibility index (Phi) is 2.92. The smallest absolute Gasteiger partial charge is 0.258 e. The molecule has 3 rings (SSSR count). The predicted molar refractivity (Wildman–Crippen MR) is 78.5 cm³/mol. The van der Waals surface area contributed by atoms with E-state index in [1.165, 1.54) is 0 Å². The van der Waals surface area contributed by atoms with Gasteiger partial charge in [0.1, 0.15) is 0 Å². The average molecular weight is 249 g/mol. The van der Waals surface area contributed by atoms with Crippen LogP contribution in [-0.4, -0.2) is 4.57 Å². The molecule has 0 saturated heterocycles. The highest BCUT2D eigenvalue weighted by molar-refractivity contribution is 5.84. The number of rotatable bonds is 2. The molecular formula is C17H15NO. The number of aryl methyl sites for hydroxylation is 1. The van der Waals surface area contributed by atoms with Gasteiger partial charge in [-0.05, 0) is 29.5 Å². The molecule has 0 N–H and O–H groups in total. The number of benzene rings is 2. The summed E-state index contributed by atoms with van der Waals surface area (Å²) in [6.45, 7) is 2.66. The maximum Gasteiger partial charge on any atom is 0.258 e. The number of nitrogens with zero attached hydrogens (tertiary/aromatic N) is 1. The lowest BCUT2D eigenvalue weighted by Gasteiger charge is -2.10. The Hall–Kier alpha value is -2.35. The zero-order valence-electron chi connectivity index (χ0n) is 10.8. The van der Waals surface area contributed by atoms with Gasteiger partial charge < -0.3 is 4.57 Å². The molecule has 0 fully saturated rings. The molecule has 3 aromatic rings. The van der Waals surface area contributed by atoms with Crippen molar-refractivity contribution in [1.29, 1.82) is 0 Å². The molecule has 2 aromatic carbocycles. The van der Waals surface area contributed by atoms with Crippen LogP contribution in [0.25, 0.3) is 10.8 Å². The standard InChI is InChI=1S/C17H15NO/c1-13-11-18(12-14-7-3-2-4-8-14)17(19)16-10-6-5-9-15(13)16/h2-11H,12H2,1H3. The molecule has 0 saturated carbocycles. The van der Waals surface area contributed by atoms with Crippen LogP contribution in [0.3, 0.4) is 0 Å². The summed E-state index contributed by atoms with van der Waals surface area (Å²) in [6.07, 6.45) is 1.94. The minimum atomic E-state index is 0.0741. The second-order valence-electron chi connectivity index (χ2n) is 4.78. The fraction of sp³-hybridized carbons (Fsp3) is 0.118. The summed E-state index contributed by atoms with van der Waals surface area (Å²) in [6, 6.07) is 17.8. The third-order valence-electron chi connectivity index (χ3n) is 3.39. The van der Waals surface area contributed by atoms with E-state index in [1.807, 2.05) is 67.7 Å². The summed E-state index contributed by atoms with van der Waals surface area (Å²) in [5, 5.41) is 1.83. The summed E-state index contributed by atoms with van der Waals surface area (Å²) in [7, 11) is 0. The molecule has 0 spiro atoms. The molecular weight excluding hydrogens is 234 g/mol. The first kappa shape index (κ1) is 11.7. The summed E-state index contributed by atoms with van der Waals surface area (Å²) < 4.78 is 1.78. The Labute approximate surface area is 111 Å². The summed E-state index contributed by atoms with van der Waals surface area (Å²) in [4.78, 5) is 12.4. The van der Waals surface area contributed by atoms with Gasteiger partial charge in [-0.3, -0.25) is 4.79 Å². The first-order valence-electron chi connectivity index (χ1n) is 6.38. The van der Waals surface area contributed by atoms with Crippen LogP contribution in [0, 0.1) is 6.92 Å². The van der Waals surface area contributed by atoms with Crippen molar-refractivity contribution in [2.75, 3.05) is 0 Å². The molecule has 0 aliphatic heterocycles. The molecule has 0 atom stereocenters. The Bertz CT molecular complexity index is 772. The minimum absolute atomic E-state index is 0.0741. The Morgan fingerprint density at radius 3 is 2.26 bits per heavy atom. The highest BCUT2D eigenvalue weighted by Gasteiger charge is 2.05. The number of hydrogen-bond donors (Lipinski definition) is 0. The van der Waals surface area contributed by atoms with E-state index in [-0.39, 0.29) is 5.56 Å². The van der Waals surface area contributed by atoms with Gasteiger partial charge in [-0.2, -0.15) is 0 Å². The topological polar surface area (TPSA) is 22.0 Å². The molecule has 94 valence electrons. The molecule has 19 heavy (non-hydrogen) atoms. The van der Waals surface area contributed by atoms with Crippen LogP contribution in [0.5, 0.6) is 0 Å². The van der Waals surface area contributed by atoms with Gasteiger partial charge >= 0.3 is 0 Å². The molecule has 0 aliphatic carbocycles. The second-order valence-corrected chi connectivity index (χ2v) is 4.78. The molecule has 2 heteroatoms. The zero-order chi connectivity index (χ0) is 13.2. The fourth-order valence-corrected chi connectivity index (χ4v) is 2.43. The van der Waals surface area contributed by atoms with Gasteiger partial charge in [-0.15, -0.1) is 0 Å². The van der Waals surface area contributed by atoms with E-state index in [1.54, 1.807) is 4.57 Å². The van der Waals surface area contributed by atoms with Gasteiger partial charge in [0, 0.05) is 11.6 Å². The van der Waals surface area contributed by atoms with Crippen molar-refractivity contribution >= 4 is 10.8 Å². The maximum atomic E-state index is 12.4. The summed E-state index contributed by atoms with van der Waals surface area (Å²) >= 11 is 0. The van der Waals surface area contributed by atoms with E-state index in [0.29, 0.717) is 6.54 Å². The number of aromatic nitrogens is 1. The van der Waals surface area contributed by atoms with Gasteiger partial charge in [0.2, 0.25) is 0 Å². The van der Waals surface area contributed by atoms with Crippen molar-refractivity contribution in [3.05, 3.63) is 82.3 Å². The third kappa shape index (κ3) is 2.17. The lowest BCUT2D eigenvalue weighted by Crippen LogP contribution is -2.20. The number of hydrogen-bond acceptors (Lipinski definition) is 1. The lowest BCUT2D eigenvalue weighted by molar-refractivity contribution is 0.764. The first-order valence-corrected chi connectivity index (χ1v) is 6.38. The zero-order valence-corrected chi connectivity index (χ0v) is 10.8. The third-order valence-corrected chi connectivity index (χ3v) is 3.39. The van der Waals surface area contributed by atoms with E-state index in [0.717, 1.165) is 21.9 Å². The van der Waals surface area contributed by atoms with Crippen molar-refractivity contribution in [1.82, 2.24) is 4.57 Å². The van der Waals surface area contributed by atoms with Gasteiger partial charge in [0.25, 0.3) is 5.56 Å². The lowest BCUT2D eigenvalue weighted by atomic mass is 10.1. The second kappa shape index (κ2) is 4.73. The summed E-state index contributed by atoms with van der Waals surface area (Å²) in [5.41, 5.74) is 2.34. The van der Waals surface area contributed by atoms with Crippen LogP contribution in [0.1, 0.15) is 11.1 Å². The highest BCUT2D eigenvalue weighted by Crippen LogP contribution is 2.14. The van der Waals surface area contributed by atoms with Crippen molar-refractivity contribution in [3.63, 3.8) is 0 Å². The van der Waals surface area contributed by atoms with Crippen molar-refractivity contribution < 1.29 is 0 Å². The molecule has 0 unspecified atom stereocenters. The van der Waals surface area contributed by atoms with Crippen molar-refractivity contribution in [2.24, 2.45) is 0 Å². The van der Waals surface area contributed by atoms with Crippen LogP contribution in [0.2, 0.25) is 0 Å². The highest BCUT2D eigenvalue weighted by atomic mass is 16.1. The SMILES string of the molecule is Cc1cn(Cc2ccccc2)c(=O)c2ccccc12. The molecule has 0 amide bonds. The van der Waals surface area contributed by atoms with E-state index < -0.39 is 0 Å². The Morgan fingerprint density at radius 1 is 0.895 bits per heavy atom. The Morgan fingerprint density at radius 2 is 1.53 bits per heavy atom. The molecule has 1 heterocycles. The quantitative estimate of drug-likeness (QED) is 0.682. The van der Waals surface area contributed by atoms with Gasteiger partial charge in [-0.1, -0.05) is 48.5 Å². The molecule has 1 aromatic heterocycles. The Balaban J connectivity index is 2.15.